The van der Waals surface area contributed by atoms with E-state index >= 15 is 0 Å². The van der Waals surface area contributed by atoms with Crippen LogP contribution in [0.25, 0.3) is 0 Å². The monoisotopic (exact) mass is 348 g/mol. The van der Waals surface area contributed by atoms with E-state index in [9.17, 15) is 9.59 Å². The molecule has 3 rings (SSSR count). The largest absolute Gasteiger partial charge is 0.355 e. The van der Waals surface area contributed by atoms with Gasteiger partial charge in [-0.2, -0.15) is 0 Å². The number of fused-ring (bicyclic) bond motifs is 1. The SMILES string of the molecule is CCCNC(=O)CN1CCC(NC(=O)N2C[C@H]3CC=CC[C@@H]3C2)CC1. The van der Waals surface area contributed by atoms with Gasteiger partial charge in [0.05, 0.1) is 6.54 Å². The van der Waals surface area contributed by atoms with Crippen LogP contribution in [0, 0.1) is 11.8 Å². The first kappa shape index (κ1) is 18.2. The predicted molar refractivity (Wildman–Crippen MR) is 98.2 cm³/mol. The van der Waals surface area contributed by atoms with Gasteiger partial charge in [0, 0.05) is 38.8 Å². The fraction of sp³-hybridized carbons (Fsp3) is 0.789. The van der Waals surface area contributed by atoms with Crippen molar-refractivity contribution in [2.24, 2.45) is 11.8 Å². The van der Waals surface area contributed by atoms with Gasteiger partial charge < -0.3 is 15.5 Å². The summed E-state index contributed by atoms with van der Waals surface area (Å²) in [6, 6.07) is 0.344. The van der Waals surface area contributed by atoms with Gasteiger partial charge in [0.1, 0.15) is 0 Å². The maximum atomic E-state index is 12.6. The Morgan fingerprint density at radius 2 is 1.72 bits per heavy atom. The smallest absolute Gasteiger partial charge is 0.317 e. The van der Waals surface area contributed by atoms with Crippen molar-refractivity contribution in [3.8, 4) is 0 Å². The number of hydrogen-bond acceptors (Lipinski definition) is 3. The van der Waals surface area contributed by atoms with E-state index in [4.69, 9.17) is 0 Å². The summed E-state index contributed by atoms with van der Waals surface area (Å²) in [7, 11) is 0. The highest BCUT2D eigenvalue weighted by atomic mass is 16.2. The van der Waals surface area contributed by atoms with Gasteiger partial charge in [0.2, 0.25) is 5.91 Å². The summed E-state index contributed by atoms with van der Waals surface area (Å²) in [5.74, 6) is 1.41. The molecule has 0 spiro atoms. The maximum Gasteiger partial charge on any atom is 0.317 e. The van der Waals surface area contributed by atoms with Crippen LogP contribution in [0.2, 0.25) is 0 Å². The zero-order valence-corrected chi connectivity index (χ0v) is 15.4. The number of piperidine rings is 1. The minimum Gasteiger partial charge on any atom is -0.355 e. The third-order valence-electron chi connectivity index (χ3n) is 5.76. The van der Waals surface area contributed by atoms with E-state index in [0.29, 0.717) is 18.4 Å². The van der Waals surface area contributed by atoms with Gasteiger partial charge in [-0.1, -0.05) is 19.1 Å². The zero-order chi connectivity index (χ0) is 17.6. The third-order valence-corrected chi connectivity index (χ3v) is 5.76. The molecule has 0 aromatic carbocycles. The zero-order valence-electron chi connectivity index (χ0n) is 15.4. The molecule has 2 saturated heterocycles. The van der Waals surface area contributed by atoms with Crippen molar-refractivity contribution in [2.45, 2.75) is 45.1 Å². The van der Waals surface area contributed by atoms with E-state index < -0.39 is 0 Å². The molecule has 140 valence electrons. The Bertz CT molecular complexity index is 484. The molecule has 6 nitrogen and oxygen atoms in total. The Morgan fingerprint density at radius 1 is 1.08 bits per heavy atom. The Morgan fingerprint density at radius 3 is 2.32 bits per heavy atom. The van der Waals surface area contributed by atoms with E-state index in [1.165, 1.54) is 0 Å². The number of hydrogen-bond donors (Lipinski definition) is 2. The molecular weight excluding hydrogens is 316 g/mol. The van der Waals surface area contributed by atoms with Crippen molar-refractivity contribution in [3.05, 3.63) is 12.2 Å². The summed E-state index contributed by atoms with van der Waals surface area (Å²) in [4.78, 5) is 28.5. The van der Waals surface area contributed by atoms with Crippen molar-refractivity contribution in [2.75, 3.05) is 39.3 Å². The summed E-state index contributed by atoms with van der Waals surface area (Å²) >= 11 is 0. The number of nitrogens with one attached hydrogen (secondary N) is 2. The Hall–Kier alpha value is -1.56. The second kappa shape index (κ2) is 8.70. The first-order chi connectivity index (χ1) is 12.2. The lowest BCUT2D eigenvalue weighted by Crippen LogP contribution is -2.50. The minimum absolute atomic E-state index is 0.105. The molecule has 0 radical (unpaired) electrons. The number of amides is 3. The molecule has 0 saturated carbocycles. The maximum absolute atomic E-state index is 12.6. The van der Waals surface area contributed by atoms with Crippen LogP contribution in [-0.2, 0) is 4.79 Å². The fourth-order valence-electron chi connectivity index (χ4n) is 4.21. The van der Waals surface area contributed by atoms with Crippen molar-refractivity contribution in [1.82, 2.24) is 20.4 Å². The Labute approximate surface area is 151 Å². The molecule has 0 unspecified atom stereocenters. The number of carbonyl (C=O) groups excluding carboxylic acids is 2. The van der Waals surface area contributed by atoms with Crippen molar-refractivity contribution < 1.29 is 9.59 Å². The molecule has 0 bridgehead atoms. The van der Waals surface area contributed by atoms with Crippen LogP contribution < -0.4 is 10.6 Å². The minimum atomic E-state index is 0.105. The van der Waals surface area contributed by atoms with E-state index in [1.54, 1.807) is 0 Å². The van der Waals surface area contributed by atoms with Gasteiger partial charge in [-0.15, -0.1) is 0 Å². The number of urea groups is 1. The Balaban J connectivity index is 1.36. The first-order valence-corrected chi connectivity index (χ1v) is 9.85. The highest BCUT2D eigenvalue weighted by Gasteiger charge is 2.35. The molecule has 3 amide bonds. The summed E-state index contributed by atoms with van der Waals surface area (Å²) < 4.78 is 0. The lowest BCUT2D eigenvalue weighted by molar-refractivity contribution is -0.122. The molecule has 2 aliphatic heterocycles. The Kier molecular flexibility index (Phi) is 6.34. The van der Waals surface area contributed by atoms with Gasteiger partial charge >= 0.3 is 6.03 Å². The molecule has 2 heterocycles. The average molecular weight is 348 g/mol. The van der Waals surface area contributed by atoms with E-state index in [-0.39, 0.29) is 18.0 Å². The highest BCUT2D eigenvalue weighted by Crippen LogP contribution is 2.32. The van der Waals surface area contributed by atoms with Gasteiger partial charge in [0.25, 0.3) is 0 Å². The van der Waals surface area contributed by atoms with Crippen LogP contribution in [0.5, 0.6) is 0 Å². The number of likely N-dealkylation sites (tertiary alicyclic amines) is 2. The second-order valence-corrected chi connectivity index (χ2v) is 7.72. The molecule has 25 heavy (non-hydrogen) atoms. The number of carbonyl (C=O) groups is 2. The van der Waals surface area contributed by atoms with Gasteiger partial charge in [-0.3, -0.25) is 9.69 Å². The molecule has 1 aliphatic carbocycles. The summed E-state index contributed by atoms with van der Waals surface area (Å²) in [5.41, 5.74) is 0. The van der Waals surface area contributed by atoms with Gasteiger partial charge in [-0.25, -0.2) is 4.79 Å². The van der Waals surface area contributed by atoms with Crippen LogP contribution in [0.3, 0.4) is 0 Å². The van der Waals surface area contributed by atoms with Crippen molar-refractivity contribution in [1.29, 1.82) is 0 Å². The standard InChI is InChI=1S/C19H32N4O2/c1-2-9-20-18(24)14-22-10-7-17(8-11-22)21-19(25)23-12-15-5-3-4-6-16(15)13-23/h3-4,15-17H,2,5-14H2,1H3,(H,20,24)(H,21,25)/t15-,16-/m1/s1. The molecule has 3 aliphatic rings. The summed E-state index contributed by atoms with van der Waals surface area (Å²) in [6.07, 6.45) is 9.57. The highest BCUT2D eigenvalue weighted by molar-refractivity contribution is 5.78. The van der Waals surface area contributed by atoms with Crippen LogP contribution in [0.4, 0.5) is 4.79 Å². The fourth-order valence-corrected chi connectivity index (χ4v) is 4.21. The number of allylic oxidation sites excluding steroid dienone is 2. The second-order valence-electron chi connectivity index (χ2n) is 7.72. The molecule has 6 heteroatoms. The topological polar surface area (TPSA) is 64.7 Å². The van der Waals surface area contributed by atoms with E-state index in [1.807, 2.05) is 4.90 Å². The van der Waals surface area contributed by atoms with Crippen molar-refractivity contribution >= 4 is 11.9 Å². The van der Waals surface area contributed by atoms with Gasteiger partial charge in [-0.05, 0) is 43.9 Å². The van der Waals surface area contributed by atoms with Crippen LogP contribution in [0.1, 0.15) is 39.0 Å². The number of nitrogens with zero attached hydrogens (tertiary/aromatic N) is 2. The molecule has 2 N–H and O–H groups in total. The lowest BCUT2D eigenvalue weighted by atomic mass is 9.86. The van der Waals surface area contributed by atoms with E-state index in [2.05, 4.69) is 34.6 Å². The molecule has 2 atom stereocenters. The number of rotatable bonds is 5. The van der Waals surface area contributed by atoms with Crippen LogP contribution in [0.15, 0.2) is 12.2 Å². The predicted octanol–water partition coefficient (Wildman–Crippen LogP) is 1.58. The third kappa shape index (κ3) is 4.97. The molecule has 2 fully saturated rings. The van der Waals surface area contributed by atoms with Crippen molar-refractivity contribution in [3.63, 3.8) is 0 Å². The van der Waals surface area contributed by atoms with Crippen LogP contribution in [-0.4, -0.2) is 67.0 Å². The molecule has 0 aromatic heterocycles. The molecular formula is C19H32N4O2. The first-order valence-electron chi connectivity index (χ1n) is 9.85. The van der Waals surface area contributed by atoms with Gasteiger partial charge in [0.15, 0.2) is 0 Å². The quantitative estimate of drug-likeness (QED) is 0.742. The normalized spacial score (nSPS) is 27.2. The molecule has 0 aromatic rings. The van der Waals surface area contributed by atoms with Crippen LogP contribution >= 0.6 is 0 Å². The summed E-state index contributed by atoms with van der Waals surface area (Å²) in [5, 5.41) is 6.14. The van der Waals surface area contributed by atoms with E-state index in [0.717, 1.165) is 64.8 Å². The summed E-state index contributed by atoms with van der Waals surface area (Å²) in [6.45, 7) is 6.83. The average Bonchev–Trinajstić information content (AvgIpc) is 3.06. The lowest BCUT2D eigenvalue weighted by Gasteiger charge is -2.32.